The highest BCUT2D eigenvalue weighted by Crippen LogP contribution is 2.39. The van der Waals surface area contributed by atoms with Crippen molar-refractivity contribution in [3.63, 3.8) is 0 Å². The van der Waals surface area contributed by atoms with Crippen molar-refractivity contribution in [2.45, 2.75) is 6.18 Å². The predicted molar refractivity (Wildman–Crippen MR) is 92.4 cm³/mol. The number of carbonyl (C=O) groups is 2. The molecule has 0 aliphatic carbocycles. The van der Waals surface area contributed by atoms with Gasteiger partial charge in [-0.3, -0.25) is 4.79 Å². The summed E-state index contributed by atoms with van der Waals surface area (Å²) < 4.78 is 64.6. The van der Waals surface area contributed by atoms with Crippen LogP contribution in [0.1, 0.15) is 15.9 Å². The van der Waals surface area contributed by atoms with Gasteiger partial charge in [0.05, 0.1) is 23.1 Å². The van der Waals surface area contributed by atoms with E-state index in [0.717, 1.165) is 12.1 Å². The van der Waals surface area contributed by atoms with Crippen LogP contribution in [-0.4, -0.2) is 26.6 Å². The molecule has 11 heteroatoms. The number of anilines is 1. The Labute approximate surface area is 152 Å². The van der Waals surface area contributed by atoms with Gasteiger partial charge in [0.2, 0.25) is 10.0 Å². The summed E-state index contributed by atoms with van der Waals surface area (Å²) in [6.07, 6.45) is -4.02. The summed E-state index contributed by atoms with van der Waals surface area (Å²) >= 11 is 0. The molecule has 2 rings (SSSR count). The van der Waals surface area contributed by atoms with Crippen LogP contribution < -0.4 is 15.8 Å². The quantitative estimate of drug-likeness (QED) is 0.730. The van der Waals surface area contributed by atoms with Gasteiger partial charge in [0.15, 0.2) is 0 Å². The van der Waals surface area contributed by atoms with Gasteiger partial charge in [-0.25, -0.2) is 17.9 Å². The first-order chi connectivity index (χ1) is 12.4. The number of sulfonamides is 1. The molecular weight excluding hydrogens is 387 g/mol. The van der Waals surface area contributed by atoms with E-state index in [-0.39, 0.29) is 16.8 Å². The van der Waals surface area contributed by atoms with E-state index in [1.54, 1.807) is 4.72 Å². The highest BCUT2D eigenvalue weighted by molar-refractivity contribution is 7.89. The van der Waals surface area contributed by atoms with E-state index in [1.807, 2.05) is 0 Å². The van der Waals surface area contributed by atoms with Crippen molar-refractivity contribution < 1.29 is 31.2 Å². The summed E-state index contributed by atoms with van der Waals surface area (Å²) in [7, 11) is -4.02. The third kappa shape index (κ3) is 4.97. The SMILES string of the molecule is CS(=O)(=O)NC(=O)c1c(NC(N)=O)cccc1-c1ccccc1C(F)(F)F. The van der Waals surface area contributed by atoms with Crippen molar-refractivity contribution in [1.82, 2.24) is 4.72 Å². The van der Waals surface area contributed by atoms with E-state index < -0.39 is 39.3 Å². The monoisotopic (exact) mass is 401 g/mol. The third-order valence-corrected chi connectivity index (χ3v) is 3.91. The van der Waals surface area contributed by atoms with Gasteiger partial charge >= 0.3 is 12.2 Å². The maximum Gasteiger partial charge on any atom is 0.417 e. The fraction of sp³-hybridized carbons (Fsp3) is 0.125. The van der Waals surface area contributed by atoms with Crippen LogP contribution in [-0.2, 0) is 16.2 Å². The molecule has 0 aromatic heterocycles. The summed E-state index contributed by atoms with van der Waals surface area (Å²) in [6.45, 7) is 0. The van der Waals surface area contributed by atoms with Crippen molar-refractivity contribution in [3.05, 3.63) is 53.6 Å². The molecule has 3 amide bonds. The molecule has 0 atom stereocenters. The molecule has 0 bridgehead atoms. The van der Waals surface area contributed by atoms with E-state index in [9.17, 15) is 31.2 Å². The number of nitrogens with one attached hydrogen (secondary N) is 2. The standard InChI is InChI=1S/C16H14F3N3O4S/c1-27(25,26)22-14(23)13-10(6-4-8-12(13)21-15(20)24)9-5-2-3-7-11(9)16(17,18)19/h2-8H,1H3,(H,22,23)(H3,20,21,24). The molecule has 144 valence electrons. The number of halogens is 3. The molecule has 2 aromatic rings. The summed E-state index contributed by atoms with van der Waals surface area (Å²) in [5, 5.41) is 2.11. The summed E-state index contributed by atoms with van der Waals surface area (Å²) in [5.74, 6) is -1.21. The molecule has 4 N–H and O–H groups in total. The predicted octanol–water partition coefficient (Wildman–Crippen LogP) is 2.55. The Balaban J connectivity index is 2.78. The minimum absolute atomic E-state index is 0.227. The Kier molecular flexibility index (Phi) is 5.45. The lowest BCUT2D eigenvalue weighted by Gasteiger charge is -2.18. The minimum Gasteiger partial charge on any atom is -0.351 e. The van der Waals surface area contributed by atoms with Gasteiger partial charge in [-0.2, -0.15) is 13.2 Å². The molecule has 0 unspecified atom stereocenters. The van der Waals surface area contributed by atoms with Crippen LogP contribution in [0.15, 0.2) is 42.5 Å². The molecular formula is C16H14F3N3O4S. The highest BCUT2D eigenvalue weighted by Gasteiger charge is 2.34. The number of hydrogen-bond acceptors (Lipinski definition) is 4. The largest absolute Gasteiger partial charge is 0.417 e. The van der Waals surface area contributed by atoms with Crippen LogP contribution in [0.3, 0.4) is 0 Å². The van der Waals surface area contributed by atoms with Crippen LogP contribution >= 0.6 is 0 Å². The number of carbonyl (C=O) groups excluding carboxylic acids is 2. The molecule has 0 aliphatic rings. The van der Waals surface area contributed by atoms with Crippen LogP contribution in [0.25, 0.3) is 11.1 Å². The third-order valence-electron chi connectivity index (χ3n) is 3.35. The molecule has 0 heterocycles. The fourth-order valence-corrected chi connectivity index (χ4v) is 2.88. The van der Waals surface area contributed by atoms with Crippen LogP contribution in [0.5, 0.6) is 0 Å². The first kappa shape index (κ1) is 20.2. The Hall–Kier alpha value is -3.08. The fourth-order valence-electron chi connectivity index (χ4n) is 2.44. The van der Waals surface area contributed by atoms with Gasteiger partial charge in [-0.15, -0.1) is 0 Å². The van der Waals surface area contributed by atoms with E-state index in [1.165, 1.54) is 30.3 Å². The minimum atomic E-state index is -4.73. The van der Waals surface area contributed by atoms with E-state index in [2.05, 4.69) is 5.32 Å². The smallest absolute Gasteiger partial charge is 0.351 e. The molecule has 0 saturated heterocycles. The van der Waals surface area contributed by atoms with Gasteiger partial charge in [0, 0.05) is 0 Å². The van der Waals surface area contributed by atoms with Crippen molar-refractivity contribution in [1.29, 1.82) is 0 Å². The number of alkyl halides is 3. The topological polar surface area (TPSA) is 118 Å². The molecule has 0 aliphatic heterocycles. The second-order valence-electron chi connectivity index (χ2n) is 5.46. The van der Waals surface area contributed by atoms with Gasteiger partial charge in [0.25, 0.3) is 5.91 Å². The van der Waals surface area contributed by atoms with Gasteiger partial charge in [0.1, 0.15) is 0 Å². The van der Waals surface area contributed by atoms with Crippen molar-refractivity contribution >= 4 is 27.6 Å². The Morgan fingerprint density at radius 1 is 1.00 bits per heavy atom. The Morgan fingerprint density at radius 2 is 1.59 bits per heavy atom. The molecule has 0 saturated carbocycles. The van der Waals surface area contributed by atoms with Crippen molar-refractivity contribution in [2.24, 2.45) is 5.73 Å². The average Bonchev–Trinajstić information content (AvgIpc) is 2.51. The first-order valence-electron chi connectivity index (χ1n) is 7.28. The molecule has 0 spiro atoms. The van der Waals surface area contributed by atoms with Crippen LogP contribution in [0.4, 0.5) is 23.7 Å². The summed E-state index contributed by atoms with van der Waals surface area (Å²) in [6, 6.07) is 7.08. The lowest BCUT2D eigenvalue weighted by molar-refractivity contribution is -0.137. The lowest BCUT2D eigenvalue weighted by atomic mass is 9.93. The molecule has 0 fully saturated rings. The zero-order valence-electron chi connectivity index (χ0n) is 13.8. The van der Waals surface area contributed by atoms with E-state index >= 15 is 0 Å². The first-order valence-corrected chi connectivity index (χ1v) is 9.17. The summed E-state index contributed by atoms with van der Waals surface area (Å²) in [5.41, 5.74) is 2.69. The molecule has 7 nitrogen and oxygen atoms in total. The number of primary amides is 1. The maximum absolute atomic E-state index is 13.4. The zero-order valence-corrected chi connectivity index (χ0v) is 14.6. The number of hydrogen-bond donors (Lipinski definition) is 3. The van der Waals surface area contributed by atoms with Gasteiger partial charge < -0.3 is 11.1 Å². The zero-order chi connectivity index (χ0) is 20.4. The molecule has 2 aromatic carbocycles. The van der Waals surface area contributed by atoms with Crippen LogP contribution in [0.2, 0.25) is 0 Å². The number of urea groups is 1. The van der Waals surface area contributed by atoms with Gasteiger partial charge in [-0.05, 0) is 23.3 Å². The maximum atomic E-state index is 13.4. The van der Waals surface area contributed by atoms with E-state index in [0.29, 0.717) is 6.26 Å². The Morgan fingerprint density at radius 3 is 2.15 bits per heavy atom. The second kappa shape index (κ2) is 7.27. The van der Waals surface area contributed by atoms with E-state index in [4.69, 9.17) is 5.73 Å². The van der Waals surface area contributed by atoms with Crippen LogP contribution in [0, 0.1) is 0 Å². The lowest BCUT2D eigenvalue weighted by Crippen LogP contribution is -2.31. The molecule has 27 heavy (non-hydrogen) atoms. The van der Waals surface area contributed by atoms with Crippen molar-refractivity contribution in [2.75, 3.05) is 11.6 Å². The van der Waals surface area contributed by atoms with Crippen molar-refractivity contribution in [3.8, 4) is 11.1 Å². The number of amides is 3. The normalized spacial score (nSPS) is 11.7. The average molecular weight is 401 g/mol. The number of rotatable bonds is 4. The summed E-state index contributed by atoms with van der Waals surface area (Å²) in [4.78, 5) is 23.6. The number of nitrogens with two attached hydrogens (primary N) is 1. The number of benzene rings is 2. The Bertz CT molecular complexity index is 1000. The molecule has 0 radical (unpaired) electrons. The second-order valence-corrected chi connectivity index (χ2v) is 7.21. The highest BCUT2D eigenvalue weighted by atomic mass is 32.2. The van der Waals surface area contributed by atoms with Gasteiger partial charge in [-0.1, -0.05) is 30.3 Å².